The van der Waals surface area contributed by atoms with Crippen molar-refractivity contribution in [2.75, 3.05) is 0 Å². The number of aryl methyl sites for hydroxylation is 2. The highest BCUT2D eigenvalue weighted by Gasteiger charge is 2.26. The number of hydrogen-bond acceptors (Lipinski definition) is 4. The molecule has 148 valence electrons. The quantitative estimate of drug-likeness (QED) is 0.582. The van der Waals surface area contributed by atoms with Crippen molar-refractivity contribution in [2.45, 2.75) is 45.2 Å². The highest BCUT2D eigenvalue weighted by Crippen LogP contribution is 2.29. The summed E-state index contributed by atoms with van der Waals surface area (Å²) in [4.78, 5) is 26.0. The summed E-state index contributed by atoms with van der Waals surface area (Å²) in [5, 5.41) is 7.55. The second-order valence-electron chi connectivity index (χ2n) is 7.66. The van der Waals surface area contributed by atoms with Gasteiger partial charge in [-0.1, -0.05) is 24.3 Å². The van der Waals surface area contributed by atoms with E-state index in [2.05, 4.69) is 22.5 Å². The Bertz CT molecular complexity index is 1300. The van der Waals surface area contributed by atoms with Crippen molar-refractivity contribution < 1.29 is 9.21 Å². The first-order chi connectivity index (χ1) is 14.0. The Morgan fingerprint density at radius 1 is 1.28 bits per heavy atom. The molecule has 1 amide bonds. The van der Waals surface area contributed by atoms with Crippen LogP contribution < -0.4 is 10.9 Å². The molecule has 7 heteroatoms. The van der Waals surface area contributed by atoms with E-state index in [-0.39, 0.29) is 17.5 Å². The lowest BCUT2D eigenvalue weighted by Crippen LogP contribution is -2.40. The zero-order chi connectivity index (χ0) is 20.1. The summed E-state index contributed by atoms with van der Waals surface area (Å²) in [6, 6.07) is 11.0. The van der Waals surface area contributed by atoms with Gasteiger partial charge in [0.1, 0.15) is 17.4 Å². The molecular formula is C22H22N4O3. The lowest BCUT2D eigenvalue weighted by atomic mass is 9.87. The third-order valence-electron chi connectivity index (χ3n) is 5.86. The monoisotopic (exact) mass is 390 g/mol. The van der Waals surface area contributed by atoms with E-state index in [1.54, 1.807) is 29.7 Å². The Kier molecular flexibility index (Phi) is 4.04. The molecule has 0 aliphatic heterocycles. The molecule has 2 unspecified atom stereocenters. The van der Waals surface area contributed by atoms with Crippen molar-refractivity contribution in [3.63, 3.8) is 0 Å². The molecular weight excluding hydrogens is 368 g/mol. The maximum atomic E-state index is 13.0. The van der Waals surface area contributed by atoms with Gasteiger partial charge in [0, 0.05) is 12.1 Å². The largest absolute Gasteiger partial charge is 0.463 e. The van der Waals surface area contributed by atoms with Gasteiger partial charge in [-0.2, -0.15) is 5.10 Å². The molecule has 0 radical (unpaired) electrons. The number of carbonyl (C=O) groups is 1. The number of aromatic nitrogens is 3. The predicted octanol–water partition coefficient (Wildman–Crippen LogP) is 3.31. The van der Waals surface area contributed by atoms with Crippen molar-refractivity contribution in [2.24, 2.45) is 0 Å². The van der Waals surface area contributed by atoms with Crippen LogP contribution >= 0.6 is 0 Å². The lowest BCUT2D eigenvalue weighted by Gasteiger charge is -2.27. The molecule has 2 atom stereocenters. The smallest absolute Gasteiger partial charge is 0.291 e. The molecule has 1 aromatic carbocycles. The topological polar surface area (TPSA) is 81.5 Å². The second kappa shape index (κ2) is 6.62. The lowest BCUT2D eigenvalue weighted by molar-refractivity contribution is -0.125. The Morgan fingerprint density at radius 3 is 2.97 bits per heavy atom. The molecule has 1 aliphatic rings. The molecule has 3 heterocycles. The van der Waals surface area contributed by atoms with Gasteiger partial charge in [0.2, 0.25) is 5.91 Å². The maximum Gasteiger partial charge on any atom is 0.291 e. The SMILES string of the molecule is Cc1nn(C(C)C(=O)NC2CCCc3ccccc32)c(=O)c2cc3occc3n12. The van der Waals surface area contributed by atoms with Gasteiger partial charge >= 0.3 is 0 Å². The van der Waals surface area contributed by atoms with Crippen LogP contribution in [0, 0.1) is 6.92 Å². The van der Waals surface area contributed by atoms with E-state index in [9.17, 15) is 9.59 Å². The molecule has 0 saturated heterocycles. The molecule has 0 spiro atoms. The summed E-state index contributed by atoms with van der Waals surface area (Å²) in [5.41, 5.74) is 4.01. The van der Waals surface area contributed by atoms with Crippen molar-refractivity contribution in [1.82, 2.24) is 19.5 Å². The van der Waals surface area contributed by atoms with Gasteiger partial charge in [0.25, 0.3) is 5.56 Å². The summed E-state index contributed by atoms with van der Waals surface area (Å²) in [7, 11) is 0. The number of amides is 1. The predicted molar refractivity (Wildman–Crippen MR) is 109 cm³/mol. The molecule has 0 saturated carbocycles. The second-order valence-corrected chi connectivity index (χ2v) is 7.66. The first kappa shape index (κ1) is 17.7. The van der Waals surface area contributed by atoms with Crippen LogP contribution in [0.25, 0.3) is 16.6 Å². The van der Waals surface area contributed by atoms with E-state index >= 15 is 0 Å². The highest BCUT2D eigenvalue weighted by molar-refractivity contribution is 5.83. The summed E-state index contributed by atoms with van der Waals surface area (Å²) >= 11 is 0. The van der Waals surface area contributed by atoms with Gasteiger partial charge in [-0.05, 0) is 44.2 Å². The van der Waals surface area contributed by atoms with Crippen LogP contribution in [-0.2, 0) is 11.2 Å². The Hall–Kier alpha value is -3.35. The van der Waals surface area contributed by atoms with E-state index < -0.39 is 6.04 Å². The number of furan rings is 1. The summed E-state index contributed by atoms with van der Waals surface area (Å²) in [6.45, 7) is 3.53. The van der Waals surface area contributed by atoms with Gasteiger partial charge < -0.3 is 9.73 Å². The fourth-order valence-corrected chi connectivity index (χ4v) is 4.36. The van der Waals surface area contributed by atoms with Crippen LogP contribution in [0.5, 0.6) is 0 Å². The molecule has 5 rings (SSSR count). The van der Waals surface area contributed by atoms with Gasteiger partial charge in [-0.3, -0.25) is 14.0 Å². The van der Waals surface area contributed by atoms with Gasteiger partial charge in [-0.25, -0.2) is 4.68 Å². The number of fused-ring (bicyclic) bond motifs is 4. The number of carbonyl (C=O) groups excluding carboxylic acids is 1. The minimum absolute atomic E-state index is 0.0360. The zero-order valence-electron chi connectivity index (χ0n) is 16.4. The minimum Gasteiger partial charge on any atom is -0.463 e. The molecule has 29 heavy (non-hydrogen) atoms. The standard InChI is InChI=1S/C22H22N4O3/c1-13(21(27)23-17-9-5-7-15-6-3-4-8-16(15)17)26-22(28)19-12-20-18(10-11-29-20)25(19)14(2)24-26/h3-4,6,8,10-13,17H,5,7,9H2,1-2H3,(H,23,27). The first-order valence-corrected chi connectivity index (χ1v) is 9.91. The zero-order valence-corrected chi connectivity index (χ0v) is 16.4. The fourth-order valence-electron chi connectivity index (χ4n) is 4.36. The molecule has 7 nitrogen and oxygen atoms in total. The van der Waals surface area contributed by atoms with E-state index in [4.69, 9.17) is 4.42 Å². The number of benzene rings is 1. The van der Waals surface area contributed by atoms with E-state index in [0.29, 0.717) is 16.9 Å². The van der Waals surface area contributed by atoms with Crippen LogP contribution in [0.15, 0.2) is 51.9 Å². The molecule has 3 aromatic heterocycles. The van der Waals surface area contributed by atoms with Gasteiger partial charge in [-0.15, -0.1) is 0 Å². The van der Waals surface area contributed by atoms with Crippen molar-refractivity contribution >= 4 is 22.5 Å². The van der Waals surface area contributed by atoms with Crippen LogP contribution in [0.4, 0.5) is 0 Å². The summed E-state index contributed by atoms with van der Waals surface area (Å²) < 4.78 is 8.45. The average molecular weight is 390 g/mol. The van der Waals surface area contributed by atoms with Crippen LogP contribution in [0.2, 0.25) is 0 Å². The summed E-state index contributed by atoms with van der Waals surface area (Å²) in [6.07, 6.45) is 4.54. The Labute approximate surface area is 166 Å². The van der Waals surface area contributed by atoms with Crippen molar-refractivity contribution in [3.05, 3.63) is 70.0 Å². The van der Waals surface area contributed by atoms with Crippen LogP contribution in [-0.4, -0.2) is 20.1 Å². The number of nitrogens with one attached hydrogen (secondary N) is 1. The number of hydrogen-bond donors (Lipinski definition) is 1. The van der Waals surface area contributed by atoms with E-state index in [1.165, 1.54) is 10.2 Å². The molecule has 0 bridgehead atoms. The first-order valence-electron chi connectivity index (χ1n) is 9.91. The maximum absolute atomic E-state index is 13.0. The van der Waals surface area contributed by atoms with E-state index in [1.807, 2.05) is 19.1 Å². The van der Waals surface area contributed by atoms with Crippen molar-refractivity contribution in [1.29, 1.82) is 0 Å². The third kappa shape index (κ3) is 2.76. The number of nitrogens with zero attached hydrogens (tertiary/aromatic N) is 3. The Balaban J connectivity index is 1.48. The summed E-state index contributed by atoms with van der Waals surface area (Å²) in [5.74, 6) is 0.416. The van der Waals surface area contributed by atoms with Gasteiger partial charge in [0.05, 0.1) is 17.8 Å². The molecule has 4 aromatic rings. The van der Waals surface area contributed by atoms with Crippen LogP contribution in [0.1, 0.15) is 48.8 Å². The van der Waals surface area contributed by atoms with Crippen LogP contribution in [0.3, 0.4) is 0 Å². The molecule has 0 fully saturated rings. The molecule has 1 aliphatic carbocycles. The average Bonchev–Trinajstić information content (AvgIpc) is 3.32. The minimum atomic E-state index is -0.721. The Morgan fingerprint density at radius 2 is 2.10 bits per heavy atom. The van der Waals surface area contributed by atoms with Crippen molar-refractivity contribution in [3.8, 4) is 0 Å². The molecule has 1 N–H and O–H groups in total. The highest BCUT2D eigenvalue weighted by atomic mass is 16.3. The number of rotatable bonds is 3. The van der Waals surface area contributed by atoms with E-state index in [0.717, 1.165) is 30.3 Å². The normalized spacial score (nSPS) is 17.4. The van der Waals surface area contributed by atoms with Gasteiger partial charge in [0.15, 0.2) is 5.58 Å². The third-order valence-corrected chi connectivity index (χ3v) is 5.86. The fraction of sp³-hybridized carbons (Fsp3) is 0.318.